The average Bonchev–Trinajstić information content (AvgIpc) is 3.43. The Morgan fingerprint density at radius 1 is 1.03 bits per heavy atom. The van der Waals surface area contributed by atoms with Crippen molar-refractivity contribution in [3.05, 3.63) is 40.6 Å². The smallest absolute Gasteiger partial charge is 0.233 e. The number of rotatable bonds is 6. The molecule has 5 rings (SSSR count). The molecule has 2 fully saturated rings. The zero-order valence-corrected chi connectivity index (χ0v) is 18.6. The summed E-state index contributed by atoms with van der Waals surface area (Å²) in [6.07, 6.45) is 3.64. The summed E-state index contributed by atoms with van der Waals surface area (Å²) in [6.45, 7) is 1.53. The number of benzene rings is 1. The number of nitrogens with zero attached hydrogens (tertiary/aromatic N) is 2. The van der Waals surface area contributed by atoms with Crippen molar-refractivity contribution in [1.82, 2.24) is 4.90 Å². The van der Waals surface area contributed by atoms with Crippen LogP contribution in [-0.4, -0.2) is 42.4 Å². The lowest BCUT2D eigenvalue weighted by molar-refractivity contribution is -0.140. The number of hydrogen-bond acceptors (Lipinski definition) is 6. The summed E-state index contributed by atoms with van der Waals surface area (Å²) in [7, 11) is 0. The van der Waals surface area contributed by atoms with E-state index in [1.807, 2.05) is 35.7 Å². The number of carbonyl (C=O) groups excluding carboxylic acids is 3. The molecule has 0 spiro atoms. The monoisotopic (exact) mass is 454 g/mol. The Hall–Kier alpha value is -2.87. The maximum Gasteiger partial charge on any atom is 0.233 e. The molecule has 2 aromatic rings. The van der Waals surface area contributed by atoms with Crippen LogP contribution in [0.5, 0.6) is 11.5 Å². The first kappa shape index (κ1) is 21.0. The molecule has 3 aliphatic rings. The van der Waals surface area contributed by atoms with Crippen LogP contribution in [0, 0.1) is 11.8 Å². The van der Waals surface area contributed by atoms with Crippen molar-refractivity contribution >= 4 is 34.7 Å². The topological polar surface area (TPSA) is 76.2 Å². The first-order valence-electron chi connectivity index (χ1n) is 11.2. The molecule has 1 aromatic heterocycles. The van der Waals surface area contributed by atoms with Crippen molar-refractivity contribution in [2.75, 3.05) is 24.7 Å². The van der Waals surface area contributed by atoms with Crippen molar-refractivity contribution in [2.24, 2.45) is 11.8 Å². The summed E-state index contributed by atoms with van der Waals surface area (Å²) in [6, 6.07) is 9.42. The molecule has 8 heteroatoms. The van der Waals surface area contributed by atoms with Gasteiger partial charge in [-0.3, -0.25) is 19.3 Å². The Morgan fingerprint density at radius 3 is 2.44 bits per heavy atom. The zero-order valence-electron chi connectivity index (χ0n) is 17.8. The predicted octanol–water partition coefficient (Wildman–Crippen LogP) is 3.62. The number of thiophene rings is 1. The van der Waals surface area contributed by atoms with Gasteiger partial charge in [0.15, 0.2) is 11.5 Å². The summed E-state index contributed by atoms with van der Waals surface area (Å²) < 4.78 is 11.3. The van der Waals surface area contributed by atoms with Crippen LogP contribution < -0.4 is 14.4 Å². The summed E-state index contributed by atoms with van der Waals surface area (Å²) in [4.78, 5) is 42.9. The van der Waals surface area contributed by atoms with E-state index in [2.05, 4.69) is 0 Å². The van der Waals surface area contributed by atoms with E-state index in [1.165, 1.54) is 4.90 Å². The van der Waals surface area contributed by atoms with Crippen LogP contribution in [0.4, 0.5) is 5.69 Å². The molecule has 1 aromatic carbocycles. The van der Waals surface area contributed by atoms with E-state index < -0.39 is 0 Å². The lowest BCUT2D eigenvalue weighted by Gasteiger charge is -2.26. The van der Waals surface area contributed by atoms with E-state index in [-0.39, 0.29) is 42.5 Å². The normalized spacial score (nSPS) is 22.1. The van der Waals surface area contributed by atoms with Crippen LogP contribution in [-0.2, 0) is 20.9 Å². The van der Waals surface area contributed by atoms with Gasteiger partial charge in [-0.15, -0.1) is 11.3 Å². The van der Waals surface area contributed by atoms with Crippen molar-refractivity contribution in [3.8, 4) is 11.5 Å². The highest BCUT2D eigenvalue weighted by atomic mass is 32.1. The molecule has 0 N–H and O–H groups in total. The Kier molecular flexibility index (Phi) is 5.87. The minimum Gasteiger partial charge on any atom is -0.486 e. The van der Waals surface area contributed by atoms with Crippen LogP contribution in [0.25, 0.3) is 0 Å². The Balaban J connectivity index is 1.33. The second-order valence-corrected chi connectivity index (χ2v) is 9.50. The molecule has 7 nitrogen and oxygen atoms in total. The Morgan fingerprint density at radius 2 is 1.75 bits per heavy atom. The summed E-state index contributed by atoms with van der Waals surface area (Å²) >= 11 is 1.58. The van der Waals surface area contributed by atoms with Crippen LogP contribution in [0.3, 0.4) is 0 Å². The number of amides is 3. The molecule has 2 atom stereocenters. The number of imide groups is 1. The highest BCUT2D eigenvalue weighted by Crippen LogP contribution is 2.38. The third-order valence-corrected chi connectivity index (χ3v) is 7.38. The van der Waals surface area contributed by atoms with E-state index in [4.69, 9.17) is 9.47 Å². The molecule has 0 bridgehead atoms. The zero-order chi connectivity index (χ0) is 22.1. The minimum atomic E-state index is -0.189. The molecule has 1 aliphatic carbocycles. The first-order chi connectivity index (χ1) is 15.6. The van der Waals surface area contributed by atoms with Gasteiger partial charge in [0, 0.05) is 29.6 Å². The van der Waals surface area contributed by atoms with Gasteiger partial charge >= 0.3 is 0 Å². The lowest BCUT2D eigenvalue weighted by atomic mass is 9.81. The van der Waals surface area contributed by atoms with Crippen molar-refractivity contribution in [1.29, 1.82) is 0 Å². The van der Waals surface area contributed by atoms with Crippen molar-refractivity contribution in [2.45, 2.75) is 38.6 Å². The molecule has 1 saturated carbocycles. The van der Waals surface area contributed by atoms with E-state index in [9.17, 15) is 14.4 Å². The van der Waals surface area contributed by atoms with E-state index in [0.717, 1.165) is 30.6 Å². The Labute approximate surface area is 190 Å². The third kappa shape index (κ3) is 3.99. The molecule has 3 amide bonds. The Bertz CT molecular complexity index is 997. The third-order valence-electron chi connectivity index (χ3n) is 6.51. The molecular weight excluding hydrogens is 428 g/mol. The van der Waals surface area contributed by atoms with E-state index in [1.54, 1.807) is 16.2 Å². The van der Waals surface area contributed by atoms with Crippen LogP contribution in [0.1, 0.15) is 37.0 Å². The van der Waals surface area contributed by atoms with Crippen molar-refractivity contribution in [3.63, 3.8) is 0 Å². The van der Waals surface area contributed by atoms with Crippen LogP contribution >= 0.6 is 11.3 Å². The van der Waals surface area contributed by atoms with Gasteiger partial charge in [0.25, 0.3) is 0 Å². The second-order valence-electron chi connectivity index (χ2n) is 8.46. The number of likely N-dealkylation sites (tertiary alicyclic amines) is 1. The van der Waals surface area contributed by atoms with Gasteiger partial charge in [-0.25, -0.2) is 0 Å². The standard InChI is InChI=1S/C24H26N2O5S/c27-22(9-10-25-23(28)18-5-1-2-6-19(18)24(25)29)26(15-17-4-3-13-32-17)16-7-8-20-21(14-16)31-12-11-30-20/h3-4,7-8,13-14,18-19H,1-2,5-6,9-12,15H2. The van der Waals surface area contributed by atoms with E-state index in [0.29, 0.717) is 36.9 Å². The largest absolute Gasteiger partial charge is 0.486 e. The molecule has 3 heterocycles. The molecular formula is C24H26N2O5S. The van der Waals surface area contributed by atoms with Gasteiger partial charge in [0.2, 0.25) is 17.7 Å². The number of hydrogen-bond donors (Lipinski definition) is 0. The van der Waals surface area contributed by atoms with Gasteiger partial charge in [-0.05, 0) is 36.4 Å². The summed E-state index contributed by atoms with van der Waals surface area (Å²) in [5, 5.41) is 1.98. The molecule has 0 radical (unpaired) electrons. The highest BCUT2D eigenvalue weighted by Gasteiger charge is 2.47. The molecule has 32 heavy (non-hydrogen) atoms. The van der Waals surface area contributed by atoms with Gasteiger partial charge in [0.1, 0.15) is 13.2 Å². The highest BCUT2D eigenvalue weighted by molar-refractivity contribution is 7.09. The maximum absolute atomic E-state index is 13.3. The molecule has 1 saturated heterocycles. The average molecular weight is 455 g/mol. The number of ether oxygens (including phenoxy) is 2. The summed E-state index contributed by atoms with van der Waals surface area (Å²) in [5.41, 5.74) is 0.709. The fourth-order valence-electron chi connectivity index (χ4n) is 4.88. The fourth-order valence-corrected chi connectivity index (χ4v) is 5.57. The SMILES string of the molecule is O=C1C2CCCCC2C(=O)N1CCC(=O)N(Cc1cccs1)c1ccc2c(c1)OCCO2. The molecule has 2 aliphatic heterocycles. The quantitative estimate of drug-likeness (QED) is 0.623. The first-order valence-corrected chi connectivity index (χ1v) is 12.1. The molecule has 168 valence electrons. The van der Waals surface area contributed by atoms with Gasteiger partial charge in [-0.1, -0.05) is 18.9 Å². The second kappa shape index (κ2) is 8.94. The number of anilines is 1. The predicted molar refractivity (Wildman–Crippen MR) is 120 cm³/mol. The van der Waals surface area contributed by atoms with Gasteiger partial charge < -0.3 is 14.4 Å². The molecule has 2 unspecified atom stereocenters. The minimum absolute atomic E-state index is 0.0940. The van der Waals surface area contributed by atoms with Crippen molar-refractivity contribution < 1.29 is 23.9 Å². The van der Waals surface area contributed by atoms with Crippen LogP contribution in [0.15, 0.2) is 35.7 Å². The fraction of sp³-hybridized carbons (Fsp3) is 0.458. The lowest BCUT2D eigenvalue weighted by Crippen LogP contribution is -2.37. The summed E-state index contributed by atoms with van der Waals surface area (Å²) in [5.74, 6) is 0.572. The van der Waals surface area contributed by atoms with Gasteiger partial charge in [-0.2, -0.15) is 0 Å². The maximum atomic E-state index is 13.3. The van der Waals surface area contributed by atoms with Crippen LogP contribution in [0.2, 0.25) is 0 Å². The number of carbonyl (C=O) groups is 3. The van der Waals surface area contributed by atoms with Gasteiger partial charge in [0.05, 0.1) is 18.4 Å². The van der Waals surface area contributed by atoms with E-state index >= 15 is 0 Å². The number of fused-ring (bicyclic) bond motifs is 2.